The highest BCUT2D eigenvalue weighted by molar-refractivity contribution is 5.93. The molecule has 4 heteroatoms. The van der Waals surface area contributed by atoms with E-state index >= 15 is 0 Å². The molecule has 2 N–H and O–H groups in total. The van der Waals surface area contributed by atoms with Crippen LogP contribution in [0.1, 0.15) is 15.9 Å². The first kappa shape index (κ1) is 11.1. The molecule has 0 bridgehead atoms. The van der Waals surface area contributed by atoms with Gasteiger partial charge in [-0.15, -0.1) is 0 Å². The molecule has 0 spiro atoms. The third-order valence-corrected chi connectivity index (χ3v) is 2.23. The van der Waals surface area contributed by atoms with Crippen molar-refractivity contribution in [3.63, 3.8) is 0 Å². The molecule has 0 saturated heterocycles. The maximum atomic E-state index is 11.0. The van der Waals surface area contributed by atoms with Gasteiger partial charge in [-0.1, -0.05) is 12.1 Å². The Balaban J connectivity index is 2.21. The molecule has 1 amide bonds. The summed E-state index contributed by atoms with van der Waals surface area (Å²) in [6, 6.07) is 10.4. The molecule has 4 nitrogen and oxygen atoms in total. The van der Waals surface area contributed by atoms with Crippen LogP contribution in [0.4, 0.5) is 0 Å². The number of pyridine rings is 1. The third kappa shape index (κ3) is 2.81. The van der Waals surface area contributed by atoms with Gasteiger partial charge in [-0.25, -0.2) is 4.98 Å². The van der Waals surface area contributed by atoms with E-state index in [1.54, 1.807) is 36.5 Å². The monoisotopic (exact) mass is 228 g/mol. The predicted octanol–water partition coefficient (Wildman–Crippen LogP) is 2.28. The lowest BCUT2D eigenvalue weighted by atomic mass is 10.2. The highest BCUT2D eigenvalue weighted by Gasteiger charge is 2.03. The smallest absolute Gasteiger partial charge is 0.248 e. The first-order chi connectivity index (χ1) is 8.15. The molecule has 1 heterocycles. The number of benzene rings is 1. The lowest BCUT2D eigenvalue weighted by Crippen LogP contribution is -2.10. The molecule has 0 atom stereocenters. The van der Waals surface area contributed by atoms with Crippen LogP contribution >= 0.6 is 0 Å². The largest absolute Gasteiger partial charge is 0.439 e. The molecular weight excluding hydrogens is 216 g/mol. The van der Waals surface area contributed by atoms with Crippen LogP contribution in [0.25, 0.3) is 0 Å². The van der Waals surface area contributed by atoms with E-state index in [-0.39, 0.29) is 0 Å². The van der Waals surface area contributed by atoms with E-state index in [9.17, 15) is 4.79 Å². The van der Waals surface area contributed by atoms with Crippen molar-refractivity contribution in [2.45, 2.75) is 6.92 Å². The zero-order chi connectivity index (χ0) is 12.3. The zero-order valence-corrected chi connectivity index (χ0v) is 9.38. The van der Waals surface area contributed by atoms with E-state index in [0.717, 1.165) is 5.56 Å². The number of aryl methyl sites for hydroxylation is 1. The fourth-order valence-corrected chi connectivity index (χ4v) is 1.35. The standard InChI is InChI=1S/C13H12N2O2/c1-9-5-6-12(15-8-9)17-11-4-2-3-10(7-11)13(14)16/h2-8H,1H3,(H2,14,16). The number of hydrogen-bond acceptors (Lipinski definition) is 3. The minimum atomic E-state index is -0.479. The van der Waals surface area contributed by atoms with E-state index in [1.807, 2.05) is 13.0 Å². The van der Waals surface area contributed by atoms with Gasteiger partial charge in [0.25, 0.3) is 0 Å². The first-order valence-electron chi connectivity index (χ1n) is 5.15. The lowest BCUT2D eigenvalue weighted by Gasteiger charge is -2.05. The topological polar surface area (TPSA) is 65.2 Å². The number of aromatic nitrogens is 1. The van der Waals surface area contributed by atoms with Crippen LogP contribution in [0.3, 0.4) is 0 Å². The second-order valence-electron chi connectivity index (χ2n) is 3.67. The van der Waals surface area contributed by atoms with Gasteiger partial charge in [0.2, 0.25) is 11.8 Å². The van der Waals surface area contributed by atoms with Gasteiger partial charge in [-0.2, -0.15) is 0 Å². The summed E-state index contributed by atoms with van der Waals surface area (Å²) in [5.74, 6) is 0.544. The average Bonchev–Trinajstić information content (AvgIpc) is 2.32. The van der Waals surface area contributed by atoms with Crippen molar-refractivity contribution in [2.24, 2.45) is 5.73 Å². The number of carbonyl (C=O) groups is 1. The van der Waals surface area contributed by atoms with Gasteiger partial charge >= 0.3 is 0 Å². The van der Waals surface area contributed by atoms with E-state index in [0.29, 0.717) is 17.2 Å². The van der Waals surface area contributed by atoms with Crippen LogP contribution in [-0.4, -0.2) is 10.9 Å². The third-order valence-electron chi connectivity index (χ3n) is 2.23. The molecule has 86 valence electrons. The van der Waals surface area contributed by atoms with Crippen LogP contribution in [0.2, 0.25) is 0 Å². The van der Waals surface area contributed by atoms with Gasteiger partial charge in [0.1, 0.15) is 5.75 Å². The van der Waals surface area contributed by atoms with Crippen molar-refractivity contribution in [1.82, 2.24) is 4.98 Å². The number of rotatable bonds is 3. The predicted molar refractivity (Wildman–Crippen MR) is 64.0 cm³/mol. The van der Waals surface area contributed by atoms with Crippen molar-refractivity contribution in [2.75, 3.05) is 0 Å². The van der Waals surface area contributed by atoms with Crippen LogP contribution in [0, 0.1) is 6.92 Å². The Hall–Kier alpha value is -2.36. The number of hydrogen-bond donors (Lipinski definition) is 1. The number of carbonyl (C=O) groups excluding carboxylic acids is 1. The number of primary amides is 1. The molecule has 2 aromatic rings. The summed E-state index contributed by atoms with van der Waals surface area (Å²) >= 11 is 0. The van der Waals surface area contributed by atoms with Crippen LogP contribution in [-0.2, 0) is 0 Å². The zero-order valence-electron chi connectivity index (χ0n) is 9.38. The van der Waals surface area contributed by atoms with Crippen LogP contribution in [0.15, 0.2) is 42.6 Å². The minimum Gasteiger partial charge on any atom is -0.439 e. The Morgan fingerprint density at radius 1 is 1.29 bits per heavy atom. The number of amides is 1. The fourth-order valence-electron chi connectivity index (χ4n) is 1.35. The van der Waals surface area contributed by atoms with Crippen molar-refractivity contribution in [1.29, 1.82) is 0 Å². The summed E-state index contributed by atoms with van der Waals surface area (Å²) in [7, 11) is 0. The van der Waals surface area contributed by atoms with E-state index < -0.39 is 5.91 Å². The van der Waals surface area contributed by atoms with Crippen molar-refractivity contribution in [3.05, 3.63) is 53.7 Å². The number of nitrogens with zero attached hydrogens (tertiary/aromatic N) is 1. The summed E-state index contributed by atoms with van der Waals surface area (Å²) in [4.78, 5) is 15.1. The van der Waals surface area contributed by atoms with Crippen LogP contribution in [0.5, 0.6) is 11.6 Å². The molecular formula is C13H12N2O2. The number of nitrogens with two attached hydrogens (primary N) is 1. The molecule has 17 heavy (non-hydrogen) atoms. The SMILES string of the molecule is Cc1ccc(Oc2cccc(C(N)=O)c2)nc1. The molecule has 2 rings (SSSR count). The average molecular weight is 228 g/mol. The summed E-state index contributed by atoms with van der Waals surface area (Å²) in [6.07, 6.45) is 1.72. The van der Waals surface area contributed by atoms with Crippen molar-refractivity contribution < 1.29 is 9.53 Å². The molecule has 0 saturated carbocycles. The Morgan fingerprint density at radius 2 is 2.12 bits per heavy atom. The Kier molecular flexibility index (Phi) is 3.05. The van der Waals surface area contributed by atoms with Gasteiger partial charge < -0.3 is 10.5 Å². The fraction of sp³-hybridized carbons (Fsp3) is 0.0769. The Morgan fingerprint density at radius 3 is 2.76 bits per heavy atom. The molecule has 0 aliphatic carbocycles. The summed E-state index contributed by atoms with van der Waals surface area (Å²) in [5.41, 5.74) is 6.66. The summed E-state index contributed by atoms with van der Waals surface area (Å²) in [6.45, 7) is 1.95. The highest BCUT2D eigenvalue weighted by atomic mass is 16.5. The molecule has 1 aromatic heterocycles. The molecule has 1 aromatic carbocycles. The number of ether oxygens (including phenoxy) is 1. The Bertz CT molecular complexity index is 535. The van der Waals surface area contributed by atoms with Gasteiger partial charge in [0, 0.05) is 17.8 Å². The van der Waals surface area contributed by atoms with Gasteiger partial charge in [-0.05, 0) is 30.7 Å². The maximum Gasteiger partial charge on any atom is 0.248 e. The molecule has 0 fully saturated rings. The Labute approximate surface area is 99.1 Å². The normalized spacial score (nSPS) is 9.94. The maximum absolute atomic E-state index is 11.0. The summed E-state index contributed by atoms with van der Waals surface area (Å²) < 4.78 is 5.51. The highest BCUT2D eigenvalue weighted by Crippen LogP contribution is 2.20. The van der Waals surface area contributed by atoms with Gasteiger partial charge in [-0.3, -0.25) is 4.79 Å². The minimum absolute atomic E-state index is 0.412. The molecule has 0 aliphatic heterocycles. The first-order valence-corrected chi connectivity index (χ1v) is 5.15. The molecule has 0 radical (unpaired) electrons. The van der Waals surface area contributed by atoms with Gasteiger partial charge in [0.05, 0.1) is 0 Å². The van der Waals surface area contributed by atoms with Gasteiger partial charge in [0.15, 0.2) is 0 Å². The second kappa shape index (κ2) is 4.65. The quantitative estimate of drug-likeness (QED) is 0.876. The van der Waals surface area contributed by atoms with Crippen molar-refractivity contribution in [3.8, 4) is 11.6 Å². The van der Waals surface area contributed by atoms with Crippen LogP contribution < -0.4 is 10.5 Å². The van der Waals surface area contributed by atoms with E-state index in [1.165, 1.54) is 0 Å². The molecule has 0 aliphatic rings. The van der Waals surface area contributed by atoms with E-state index in [2.05, 4.69) is 4.98 Å². The second-order valence-corrected chi connectivity index (χ2v) is 3.67. The molecule has 0 unspecified atom stereocenters. The summed E-state index contributed by atoms with van der Waals surface area (Å²) in [5, 5.41) is 0. The van der Waals surface area contributed by atoms with E-state index in [4.69, 9.17) is 10.5 Å². The lowest BCUT2D eigenvalue weighted by molar-refractivity contribution is 0.1000. The van der Waals surface area contributed by atoms with Crippen molar-refractivity contribution >= 4 is 5.91 Å².